The van der Waals surface area contributed by atoms with Crippen LogP contribution in [0.3, 0.4) is 0 Å². The molecule has 0 radical (unpaired) electrons. The van der Waals surface area contributed by atoms with Crippen molar-refractivity contribution in [2.75, 3.05) is 13.2 Å². The first-order chi connectivity index (χ1) is 11.2. The van der Waals surface area contributed by atoms with Crippen LogP contribution in [0.15, 0.2) is 57.4 Å². The molecule has 0 saturated carbocycles. The lowest BCUT2D eigenvalue weighted by atomic mass is 10.1. The van der Waals surface area contributed by atoms with E-state index in [1.54, 1.807) is 0 Å². The molecular formula is C16H16N4O2S. The third-order valence-electron chi connectivity index (χ3n) is 3.36. The number of thiophene rings is 1. The molecule has 2 aromatic rings. The first-order valence-electron chi connectivity index (χ1n) is 7.15. The fraction of sp³-hybridized carbons (Fsp3) is 0.188. The molecule has 0 unspecified atom stereocenters. The molecule has 0 atom stereocenters. The van der Waals surface area contributed by atoms with E-state index in [2.05, 4.69) is 10.3 Å². The largest absolute Gasteiger partial charge is 0.384 e. The van der Waals surface area contributed by atoms with E-state index < -0.39 is 0 Å². The number of hydrogen-bond acceptors (Lipinski definition) is 5. The van der Waals surface area contributed by atoms with E-state index in [0.29, 0.717) is 6.54 Å². The van der Waals surface area contributed by atoms with Crippen LogP contribution in [-0.4, -0.2) is 35.6 Å². The predicted molar refractivity (Wildman–Crippen MR) is 90.3 cm³/mol. The summed E-state index contributed by atoms with van der Waals surface area (Å²) in [6.07, 6.45) is 0.732. The molecule has 2 N–H and O–H groups in total. The smallest absolute Gasteiger partial charge is 0.283 e. The third-order valence-corrected chi connectivity index (χ3v) is 4.05. The summed E-state index contributed by atoms with van der Waals surface area (Å²) in [5.74, 6) is 0.0201. The summed E-state index contributed by atoms with van der Waals surface area (Å²) in [6, 6.07) is 11.7. The van der Waals surface area contributed by atoms with Gasteiger partial charge in [0.1, 0.15) is 0 Å². The zero-order chi connectivity index (χ0) is 16.1. The van der Waals surface area contributed by atoms with Gasteiger partial charge in [-0.3, -0.25) is 4.79 Å². The summed E-state index contributed by atoms with van der Waals surface area (Å²) < 4.78 is 0. The number of hydrazone groups is 1. The molecule has 3 rings (SSSR count). The molecule has 1 aromatic heterocycles. The average Bonchev–Trinajstić information content (AvgIpc) is 3.27. The van der Waals surface area contributed by atoms with Crippen molar-refractivity contribution in [3.05, 3.63) is 58.3 Å². The van der Waals surface area contributed by atoms with E-state index in [4.69, 9.17) is 10.6 Å². The maximum Gasteiger partial charge on any atom is 0.283 e. The number of oxime groups is 1. The van der Waals surface area contributed by atoms with Crippen LogP contribution in [0.25, 0.3) is 0 Å². The lowest BCUT2D eigenvalue weighted by Gasteiger charge is -2.10. The number of benzene rings is 1. The lowest BCUT2D eigenvalue weighted by molar-refractivity contribution is -0.135. The number of amidine groups is 1. The monoisotopic (exact) mass is 328 g/mol. The SMILES string of the molecule is N/C(=N/OCC(=O)N1CCC(c2ccccc2)=N1)c1ccsc1. The van der Waals surface area contributed by atoms with Gasteiger partial charge in [-0.15, -0.1) is 0 Å². The molecule has 2 heterocycles. The quantitative estimate of drug-likeness (QED) is 0.518. The number of rotatable bonds is 5. The molecule has 23 heavy (non-hydrogen) atoms. The number of carbonyl (C=O) groups excluding carboxylic acids is 1. The summed E-state index contributed by atoms with van der Waals surface area (Å²) in [4.78, 5) is 17.1. The highest BCUT2D eigenvalue weighted by molar-refractivity contribution is 7.08. The Bertz CT molecular complexity index is 726. The Morgan fingerprint density at radius 3 is 2.91 bits per heavy atom. The standard InChI is InChI=1S/C16H16N4O2S/c17-16(13-7-9-23-11-13)19-22-10-15(21)20-8-6-14(18-20)12-4-2-1-3-5-12/h1-5,7,9,11H,6,8,10H2,(H2,17,19). The van der Waals surface area contributed by atoms with Crippen LogP contribution in [0.2, 0.25) is 0 Å². The Morgan fingerprint density at radius 2 is 2.17 bits per heavy atom. The molecule has 7 heteroatoms. The molecule has 0 spiro atoms. The third kappa shape index (κ3) is 3.75. The minimum atomic E-state index is -0.238. The van der Waals surface area contributed by atoms with E-state index >= 15 is 0 Å². The van der Waals surface area contributed by atoms with Crippen molar-refractivity contribution in [1.29, 1.82) is 0 Å². The summed E-state index contributed by atoms with van der Waals surface area (Å²) in [6.45, 7) is 0.368. The van der Waals surface area contributed by atoms with Crippen LogP contribution >= 0.6 is 11.3 Å². The van der Waals surface area contributed by atoms with Gasteiger partial charge in [-0.2, -0.15) is 16.4 Å². The van der Waals surface area contributed by atoms with Gasteiger partial charge < -0.3 is 10.6 Å². The first-order valence-corrected chi connectivity index (χ1v) is 8.09. The Balaban J connectivity index is 1.55. The first kappa shape index (κ1) is 15.2. The zero-order valence-corrected chi connectivity index (χ0v) is 13.2. The van der Waals surface area contributed by atoms with Gasteiger partial charge in [0, 0.05) is 17.4 Å². The highest BCUT2D eigenvalue weighted by atomic mass is 32.1. The Morgan fingerprint density at radius 1 is 1.35 bits per heavy atom. The van der Waals surface area contributed by atoms with Crippen LogP contribution in [0.1, 0.15) is 17.5 Å². The van der Waals surface area contributed by atoms with Gasteiger partial charge >= 0.3 is 0 Å². The number of carbonyl (C=O) groups is 1. The van der Waals surface area contributed by atoms with Gasteiger partial charge in [-0.25, -0.2) is 5.01 Å². The maximum atomic E-state index is 12.1. The van der Waals surface area contributed by atoms with Crippen molar-refractivity contribution in [3.63, 3.8) is 0 Å². The second kappa shape index (κ2) is 7.06. The molecule has 0 bridgehead atoms. The lowest BCUT2D eigenvalue weighted by Crippen LogP contribution is -2.27. The van der Waals surface area contributed by atoms with E-state index in [9.17, 15) is 4.79 Å². The van der Waals surface area contributed by atoms with Crippen LogP contribution in [0.5, 0.6) is 0 Å². The summed E-state index contributed by atoms with van der Waals surface area (Å²) in [7, 11) is 0. The molecule has 1 aliphatic heterocycles. The Kier molecular flexibility index (Phi) is 4.68. The minimum Gasteiger partial charge on any atom is -0.384 e. The normalized spacial score (nSPS) is 14.7. The van der Waals surface area contributed by atoms with Gasteiger partial charge in [-0.05, 0) is 17.0 Å². The fourth-order valence-corrected chi connectivity index (χ4v) is 2.81. The van der Waals surface area contributed by atoms with Crippen LogP contribution in [-0.2, 0) is 9.63 Å². The topological polar surface area (TPSA) is 80.3 Å². The average molecular weight is 328 g/mol. The minimum absolute atomic E-state index is 0.184. The van der Waals surface area contributed by atoms with Crippen molar-refractivity contribution < 1.29 is 9.63 Å². The van der Waals surface area contributed by atoms with Crippen molar-refractivity contribution in [1.82, 2.24) is 5.01 Å². The number of hydrogen-bond donors (Lipinski definition) is 1. The van der Waals surface area contributed by atoms with Gasteiger partial charge in [0.15, 0.2) is 12.4 Å². The molecule has 0 saturated heterocycles. The molecule has 1 aromatic carbocycles. The summed E-state index contributed by atoms with van der Waals surface area (Å²) >= 11 is 1.52. The molecule has 1 amide bonds. The van der Waals surface area contributed by atoms with Crippen molar-refractivity contribution >= 4 is 28.8 Å². The Hall–Kier alpha value is -2.67. The molecule has 1 aliphatic rings. The second-order valence-electron chi connectivity index (χ2n) is 4.94. The van der Waals surface area contributed by atoms with E-state index in [0.717, 1.165) is 23.3 Å². The van der Waals surface area contributed by atoms with E-state index in [-0.39, 0.29) is 18.3 Å². The number of amides is 1. The van der Waals surface area contributed by atoms with Gasteiger partial charge in [-0.1, -0.05) is 35.5 Å². The molecular weight excluding hydrogens is 312 g/mol. The van der Waals surface area contributed by atoms with E-state index in [1.165, 1.54) is 16.3 Å². The highest BCUT2D eigenvalue weighted by Gasteiger charge is 2.21. The molecule has 0 aliphatic carbocycles. The van der Waals surface area contributed by atoms with Crippen LogP contribution in [0, 0.1) is 0 Å². The van der Waals surface area contributed by atoms with Crippen molar-refractivity contribution in [2.24, 2.45) is 16.0 Å². The van der Waals surface area contributed by atoms with E-state index in [1.807, 2.05) is 47.2 Å². The van der Waals surface area contributed by atoms with Gasteiger partial charge in [0.2, 0.25) is 0 Å². The number of nitrogens with zero attached hydrogens (tertiary/aromatic N) is 3. The summed E-state index contributed by atoms with van der Waals surface area (Å²) in [5, 5.41) is 13.3. The van der Waals surface area contributed by atoms with Gasteiger partial charge in [0.05, 0.1) is 12.3 Å². The summed E-state index contributed by atoms with van der Waals surface area (Å²) in [5.41, 5.74) is 8.48. The molecule has 118 valence electrons. The van der Waals surface area contributed by atoms with Crippen LogP contribution in [0.4, 0.5) is 0 Å². The molecule has 6 nitrogen and oxygen atoms in total. The fourth-order valence-electron chi connectivity index (χ4n) is 2.17. The van der Waals surface area contributed by atoms with Crippen molar-refractivity contribution in [3.8, 4) is 0 Å². The second-order valence-corrected chi connectivity index (χ2v) is 5.72. The van der Waals surface area contributed by atoms with Gasteiger partial charge in [0.25, 0.3) is 5.91 Å². The number of nitrogens with two attached hydrogens (primary N) is 1. The van der Waals surface area contributed by atoms with Crippen LogP contribution < -0.4 is 5.73 Å². The highest BCUT2D eigenvalue weighted by Crippen LogP contribution is 2.13. The maximum absolute atomic E-state index is 12.1. The predicted octanol–water partition coefficient (Wildman–Crippen LogP) is 2.02. The zero-order valence-electron chi connectivity index (χ0n) is 12.4. The molecule has 0 fully saturated rings. The Labute approximate surface area is 137 Å². The van der Waals surface area contributed by atoms with Crippen molar-refractivity contribution in [2.45, 2.75) is 6.42 Å².